The van der Waals surface area contributed by atoms with E-state index >= 15 is 0 Å². The molecule has 37 heavy (non-hydrogen) atoms. The third-order valence-electron chi connectivity index (χ3n) is 5.43. The average Bonchev–Trinajstić information content (AvgIpc) is 3.53. The van der Waals surface area contributed by atoms with Gasteiger partial charge in [-0.15, -0.1) is 0 Å². The molecule has 0 radical (unpaired) electrons. The van der Waals surface area contributed by atoms with Gasteiger partial charge in [0.1, 0.15) is 34.3 Å². The van der Waals surface area contributed by atoms with Crippen LogP contribution in [-0.4, -0.2) is 33.2 Å². The molecule has 0 saturated heterocycles. The highest BCUT2D eigenvalue weighted by Crippen LogP contribution is 2.47. The number of ether oxygens (including phenoxy) is 2. The minimum Gasteiger partial charge on any atom is -0.493 e. The van der Waals surface area contributed by atoms with Crippen LogP contribution in [0.25, 0.3) is 0 Å². The van der Waals surface area contributed by atoms with Crippen molar-refractivity contribution in [3.63, 3.8) is 0 Å². The molecule has 4 aromatic rings. The Kier molecular flexibility index (Phi) is 7.24. The standard InChI is InChI=1S/C26H20BrFN4O4S/c1-15-10-20(31-36-15)14-35-23-21(4-3-5-22(23)34-2)26-32(25(33)17-11-18(27)13-29-12-17)30-24(37-26)16-6-8-19(28)9-7-16/h3-13,26H,14H2,1-2H3. The van der Waals surface area contributed by atoms with Crippen LogP contribution < -0.4 is 9.47 Å². The molecule has 3 heterocycles. The zero-order valence-corrected chi connectivity index (χ0v) is 22.1. The summed E-state index contributed by atoms with van der Waals surface area (Å²) < 4.78 is 31.1. The van der Waals surface area contributed by atoms with E-state index in [1.54, 1.807) is 50.6 Å². The Labute approximate surface area is 224 Å². The van der Waals surface area contributed by atoms with Crippen molar-refractivity contribution in [2.75, 3.05) is 7.11 Å². The van der Waals surface area contributed by atoms with Gasteiger partial charge in [-0.25, -0.2) is 9.40 Å². The highest BCUT2D eigenvalue weighted by atomic mass is 79.9. The summed E-state index contributed by atoms with van der Waals surface area (Å²) in [4.78, 5) is 17.8. The molecule has 1 aliphatic heterocycles. The van der Waals surface area contributed by atoms with E-state index in [9.17, 15) is 9.18 Å². The first kappa shape index (κ1) is 25.0. The minimum absolute atomic E-state index is 0.136. The van der Waals surface area contributed by atoms with Crippen molar-refractivity contribution in [2.24, 2.45) is 5.10 Å². The number of hydrogen-bond acceptors (Lipinski definition) is 8. The molecular weight excluding hydrogens is 563 g/mol. The van der Waals surface area contributed by atoms with Crippen LogP contribution >= 0.6 is 27.7 Å². The highest BCUT2D eigenvalue weighted by Gasteiger charge is 2.37. The van der Waals surface area contributed by atoms with E-state index in [1.165, 1.54) is 35.1 Å². The van der Waals surface area contributed by atoms with Gasteiger partial charge in [0, 0.05) is 34.1 Å². The van der Waals surface area contributed by atoms with Crippen molar-refractivity contribution in [3.8, 4) is 11.5 Å². The van der Waals surface area contributed by atoms with Crippen LogP contribution in [0.1, 0.15) is 38.3 Å². The number of benzene rings is 2. The second kappa shape index (κ2) is 10.7. The summed E-state index contributed by atoms with van der Waals surface area (Å²) in [6, 6.07) is 14.9. The fraction of sp³-hybridized carbons (Fsp3) is 0.154. The number of para-hydroxylation sites is 1. The number of carbonyl (C=O) groups is 1. The number of amides is 1. The van der Waals surface area contributed by atoms with E-state index in [0.717, 1.165) is 0 Å². The number of carbonyl (C=O) groups excluding carboxylic acids is 1. The maximum Gasteiger partial charge on any atom is 0.277 e. The van der Waals surface area contributed by atoms with Crippen molar-refractivity contribution >= 4 is 38.6 Å². The smallest absolute Gasteiger partial charge is 0.277 e. The molecule has 0 saturated carbocycles. The fourth-order valence-electron chi connectivity index (χ4n) is 3.73. The van der Waals surface area contributed by atoms with E-state index in [4.69, 9.17) is 14.0 Å². The van der Waals surface area contributed by atoms with Gasteiger partial charge in [-0.3, -0.25) is 9.78 Å². The Bertz CT molecular complexity index is 1480. The number of aromatic nitrogens is 2. The molecular formula is C26H20BrFN4O4S. The summed E-state index contributed by atoms with van der Waals surface area (Å²) in [6.07, 6.45) is 3.08. The first-order valence-electron chi connectivity index (χ1n) is 11.1. The zero-order chi connectivity index (χ0) is 25.9. The van der Waals surface area contributed by atoms with E-state index in [2.05, 4.69) is 31.2 Å². The lowest BCUT2D eigenvalue weighted by Gasteiger charge is -2.24. The topological polar surface area (TPSA) is 90.0 Å². The Balaban J connectivity index is 1.55. The number of thioether (sulfide) groups is 1. The van der Waals surface area contributed by atoms with Crippen LogP contribution in [0.15, 0.2) is 81.1 Å². The molecule has 11 heteroatoms. The maximum absolute atomic E-state index is 13.7. The van der Waals surface area contributed by atoms with Gasteiger partial charge >= 0.3 is 0 Å². The van der Waals surface area contributed by atoms with E-state index in [-0.39, 0.29) is 18.3 Å². The molecule has 0 aliphatic carbocycles. The van der Waals surface area contributed by atoms with Crippen LogP contribution in [0.2, 0.25) is 0 Å². The van der Waals surface area contributed by atoms with Crippen molar-refractivity contribution in [1.82, 2.24) is 15.1 Å². The number of aryl methyl sites for hydroxylation is 1. The number of hydrazone groups is 1. The molecule has 0 bridgehead atoms. The molecule has 188 valence electrons. The Hall–Kier alpha value is -3.70. The predicted octanol–water partition coefficient (Wildman–Crippen LogP) is 6.12. The lowest BCUT2D eigenvalue weighted by Crippen LogP contribution is -2.26. The van der Waals surface area contributed by atoms with Crippen LogP contribution in [0.5, 0.6) is 11.5 Å². The number of halogens is 2. The van der Waals surface area contributed by atoms with Gasteiger partial charge in [0.05, 0.1) is 12.7 Å². The van der Waals surface area contributed by atoms with Gasteiger partial charge in [-0.05, 0) is 59.3 Å². The zero-order valence-electron chi connectivity index (χ0n) is 19.7. The minimum atomic E-state index is -0.601. The molecule has 1 atom stereocenters. The SMILES string of the molecule is COc1cccc(C2SC(c3ccc(F)cc3)=NN2C(=O)c2cncc(Br)c2)c1OCc1cc(C)on1. The van der Waals surface area contributed by atoms with Gasteiger partial charge in [0.25, 0.3) is 5.91 Å². The quantitative estimate of drug-likeness (QED) is 0.259. The van der Waals surface area contributed by atoms with Crippen molar-refractivity contribution in [3.05, 3.63) is 105 Å². The number of rotatable bonds is 7. The van der Waals surface area contributed by atoms with E-state index in [0.29, 0.717) is 49.2 Å². The maximum atomic E-state index is 13.7. The molecule has 0 spiro atoms. The van der Waals surface area contributed by atoms with Crippen molar-refractivity contribution in [2.45, 2.75) is 18.9 Å². The van der Waals surface area contributed by atoms with E-state index in [1.807, 2.05) is 12.1 Å². The third-order valence-corrected chi connectivity index (χ3v) is 7.08. The van der Waals surface area contributed by atoms with Crippen LogP contribution in [-0.2, 0) is 6.61 Å². The summed E-state index contributed by atoms with van der Waals surface area (Å²) in [5.41, 5.74) is 2.32. The number of pyridine rings is 1. The summed E-state index contributed by atoms with van der Waals surface area (Å²) in [5, 5.41) is 9.97. The molecule has 1 aliphatic rings. The Morgan fingerprint density at radius 1 is 1.19 bits per heavy atom. The first-order chi connectivity index (χ1) is 17.9. The number of nitrogens with zero attached hydrogens (tertiary/aromatic N) is 4. The first-order valence-corrected chi connectivity index (χ1v) is 12.8. The second-order valence-corrected chi connectivity index (χ2v) is 10.0. The average molecular weight is 583 g/mol. The largest absolute Gasteiger partial charge is 0.493 e. The monoisotopic (exact) mass is 582 g/mol. The summed E-state index contributed by atoms with van der Waals surface area (Å²) >= 11 is 4.72. The van der Waals surface area contributed by atoms with Crippen molar-refractivity contribution < 1.29 is 23.2 Å². The van der Waals surface area contributed by atoms with Crippen LogP contribution in [0.4, 0.5) is 4.39 Å². The molecule has 5 rings (SSSR count). The number of hydrogen-bond donors (Lipinski definition) is 0. The third kappa shape index (κ3) is 5.37. The van der Waals surface area contributed by atoms with Crippen LogP contribution in [0, 0.1) is 12.7 Å². The lowest BCUT2D eigenvalue weighted by atomic mass is 10.1. The fourth-order valence-corrected chi connectivity index (χ4v) is 5.27. The Morgan fingerprint density at radius 2 is 2.00 bits per heavy atom. The second-order valence-electron chi connectivity index (χ2n) is 8.02. The van der Waals surface area contributed by atoms with Crippen LogP contribution in [0.3, 0.4) is 0 Å². The summed E-state index contributed by atoms with van der Waals surface area (Å²) in [7, 11) is 1.55. The van der Waals surface area contributed by atoms with Gasteiger partial charge < -0.3 is 14.0 Å². The van der Waals surface area contributed by atoms with E-state index < -0.39 is 5.37 Å². The molecule has 1 unspecified atom stereocenters. The Morgan fingerprint density at radius 3 is 2.70 bits per heavy atom. The molecule has 8 nitrogen and oxygen atoms in total. The molecule has 1 amide bonds. The summed E-state index contributed by atoms with van der Waals surface area (Å²) in [6.45, 7) is 1.94. The van der Waals surface area contributed by atoms with Gasteiger partial charge in [-0.2, -0.15) is 5.10 Å². The van der Waals surface area contributed by atoms with Gasteiger partial charge in [0.15, 0.2) is 11.5 Å². The lowest BCUT2D eigenvalue weighted by molar-refractivity contribution is 0.0746. The van der Waals surface area contributed by atoms with Crippen molar-refractivity contribution in [1.29, 1.82) is 0 Å². The molecule has 2 aromatic heterocycles. The summed E-state index contributed by atoms with van der Waals surface area (Å²) in [5.74, 6) is 0.892. The van der Waals surface area contributed by atoms with Gasteiger partial charge in [0.2, 0.25) is 0 Å². The molecule has 0 N–H and O–H groups in total. The normalized spacial score (nSPS) is 15.0. The highest BCUT2D eigenvalue weighted by molar-refractivity contribution is 9.10. The van der Waals surface area contributed by atoms with Gasteiger partial charge in [-0.1, -0.05) is 29.1 Å². The molecule has 0 fully saturated rings. The molecule has 2 aromatic carbocycles. The number of methoxy groups -OCH3 is 1. The predicted molar refractivity (Wildman–Crippen MR) is 140 cm³/mol.